The largest absolute Gasteiger partial charge is 0.465 e. The highest BCUT2D eigenvalue weighted by Gasteiger charge is 2.48. The van der Waals surface area contributed by atoms with Gasteiger partial charge in [0.1, 0.15) is 5.50 Å². The van der Waals surface area contributed by atoms with Crippen LogP contribution in [0.3, 0.4) is 0 Å². The zero-order valence-electron chi connectivity index (χ0n) is 18.9. The minimum Gasteiger partial charge on any atom is -0.465 e. The van der Waals surface area contributed by atoms with Crippen molar-refractivity contribution in [3.8, 4) is 0 Å². The Kier molecular flexibility index (Phi) is 8.20. The first-order valence-corrected chi connectivity index (χ1v) is 12.0. The van der Waals surface area contributed by atoms with Gasteiger partial charge < -0.3 is 20.1 Å². The first-order valence-electron chi connectivity index (χ1n) is 10.9. The van der Waals surface area contributed by atoms with Crippen LogP contribution in [0.1, 0.15) is 55.5 Å². The Bertz CT molecular complexity index is 886. The van der Waals surface area contributed by atoms with Crippen LogP contribution < -0.4 is 16.0 Å². The summed E-state index contributed by atoms with van der Waals surface area (Å²) in [6.45, 7) is 5.94. The molecule has 2 heterocycles. The number of benzene rings is 1. The van der Waals surface area contributed by atoms with E-state index in [1.165, 1.54) is 7.11 Å². The average molecular weight is 462 g/mol. The van der Waals surface area contributed by atoms with Crippen LogP contribution in [0.25, 0.3) is 0 Å². The summed E-state index contributed by atoms with van der Waals surface area (Å²) in [4.78, 5) is 38.0. The summed E-state index contributed by atoms with van der Waals surface area (Å²) in [5.74, 6) is -1.18. The van der Waals surface area contributed by atoms with Crippen molar-refractivity contribution in [2.24, 2.45) is 5.92 Å². The van der Waals surface area contributed by atoms with Gasteiger partial charge in [0.2, 0.25) is 5.91 Å². The number of nitrogens with one attached hydrogen (secondary N) is 3. The minimum absolute atomic E-state index is 0.133. The fourth-order valence-corrected chi connectivity index (χ4v) is 5.26. The van der Waals surface area contributed by atoms with Gasteiger partial charge in [0.25, 0.3) is 0 Å². The maximum Gasteiger partial charge on any atom is 0.337 e. The fourth-order valence-electron chi connectivity index (χ4n) is 4.13. The molecule has 4 unspecified atom stereocenters. The van der Waals surface area contributed by atoms with E-state index < -0.39 is 23.8 Å². The number of esters is 2. The first-order chi connectivity index (χ1) is 15.4. The standard InChI is InChI=1S/C23H31N3O5S/c1-5-7-12-32-23-25-19-18(20(27)26-23)17(16(13(3)24-19)22(29)31-6-2)14-8-10-15(11-9-14)21(28)30-4/h8-11,17-19,23-25H,5-7,12H2,1-4H3,(H,26,27). The van der Waals surface area contributed by atoms with E-state index in [9.17, 15) is 14.4 Å². The van der Waals surface area contributed by atoms with E-state index in [-0.39, 0.29) is 24.2 Å². The molecule has 0 radical (unpaired) electrons. The molecule has 0 aromatic heterocycles. The molecule has 32 heavy (non-hydrogen) atoms. The highest BCUT2D eigenvalue weighted by atomic mass is 32.2. The van der Waals surface area contributed by atoms with Crippen LogP contribution >= 0.6 is 11.8 Å². The van der Waals surface area contributed by atoms with E-state index in [4.69, 9.17) is 9.47 Å². The quantitative estimate of drug-likeness (QED) is 0.401. The molecule has 0 spiro atoms. The monoisotopic (exact) mass is 461 g/mol. The number of carbonyl (C=O) groups excluding carboxylic acids is 3. The van der Waals surface area contributed by atoms with Gasteiger partial charge in [-0.05, 0) is 43.7 Å². The number of thioether (sulfide) groups is 1. The van der Waals surface area contributed by atoms with Gasteiger partial charge in [0, 0.05) is 11.6 Å². The molecule has 3 N–H and O–H groups in total. The normalized spacial score (nSPS) is 24.8. The molecule has 4 atom stereocenters. The van der Waals surface area contributed by atoms with Crippen LogP contribution in [-0.4, -0.2) is 49.0 Å². The molecule has 1 fully saturated rings. The Hall–Kier alpha value is -2.52. The van der Waals surface area contributed by atoms with Crippen molar-refractivity contribution in [1.29, 1.82) is 0 Å². The van der Waals surface area contributed by atoms with Crippen LogP contribution in [0.2, 0.25) is 0 Å². The van der Waals surface area contributed by atoms with Crippen molar-refractivity contribution < 1.29 is 23.9 Å². The Morgan fingerprint density at radius 1 is 1.09 bits per heavy atom. The van der Waals surface area contributed by atoms with Crippen LogP contribution in [-0.2, 0) is 19.1 Å². The highest BCUT2D eigenvalue weighted by molar-refractivity contribution is 7.99. The predicted octanol–water partition coefficient (Wildman–Crippen LogP) is 2.48. The predicted molar refractivity (Wildman–Crippen MR) is 123 cm³/mol. The van der Waals surface area contributed by atoms with E-state index in [0.717, 1.165) is 24.2 Å². The Morgan fingerprint density at radius 2 is 1.81 bits per heavy atom. The van der Waals surface area contributed by atoms with Gasteiger partial charge in [-0.3, -0.25) is 10.1 Å². The maximum atomic E-state index is 13.3. The summed E-state index contributed by atoms with van der Waals surface area (Å²) in [5, 5.41) is 9.82. The van der Waals surface area contributed by atoms with E-state index in [2.05, 4.69) is 22.9 Å². The zero-order valence-corrected chi connectivity index (χ0v) is 19.7. The number of allylic oxidation sites excluding steroid dienone is 1. The van der Waals surface area contributed by atoms with E-state index in [1.807, 2.05) is 6.92 Å². The first kappa shape index (κ1) is 24.1. The lowest BCUT2D eigenvalue weighted by atomic mass is 9.74. The third-order valence-corrected chi connectivity index (χ3v) is 6.79. The second-order valence-electron chi connectivity index (χ2n) is 7.78. The third-order valence-electron chi connectivity index (χ3n) is 5.68. The van der Waals surface area contributed by atoms with Gasteiger partial charge in [-0.15, -0.1) is 11.8 Å². The van der Waals surface area contributed by atoms with Crippen molar-refractivity contribution in [2.75, 3.05) is 19.5 Å². The van der Waals surface area contributed by atoms with Crippen LogP contribution in [0.4, 0.5) is 0 Å². The summed E-state index contributed by atoms with van der Waals surface area (Å²) < 4.78 is 10.1. The topological polar surface area (TPSA) is 106 Å². The Balaban J connectivity index is 1.96. The minimum atomic E-state index is -0.565. The number of methoxy groups -OCH3 is 1. The van der Waals surface area contributed by atoms with Crippen molar-refractivity contribution in [1.82, 2.24) is 16.0 Å². The van der Waals surface area contributed by atoms with Gasteiger partial charge in [-0.1, -0.05) is 25.5 Å². The number of rotatable bonds is 8. The summed E-state index contributed by atoms with van der Waals surface area (Å²) >= 11 is 1.66. The van der Waals surface area contributed by atoms with Crippen molar-refractivity contribution >= 4 is 29.6 Å². The van der Waals surface area contributed by atoms with Crippen LogP contribution in [0.15, 0.2) is 35.5 Å². The molecule has 1 aromatic carbocycles. The molecule has 2 aliphatic rings. The van der Waals surface area contributed by atoms with E-state index in [1.54, 1.807) is 43.0 Å². The molecule has 0 bridgehead atoms. The van der Waals surface area contributed by atoms with Crippen LogP contribution in [0.5, 0.6) is 0 Å². The van der Waals surface area contributed by atoms with Gasteiger partial charge in [-0.25, -0.2) is 9.59 Å². The summed E-state index contributed by atoms with van der Waals surface area (Å²) in [6, 6.07) is 6.82. The molecule has 1 amide bonds. The average Bonchev–Trinajstić information content (AvgIpc) is 2.78. The SMILES string of the molecule is CCCCSC1NC(=O)C2C(NC(C)=C(C(=O)OCC)C2c2ccc(C(=O)OC)cc2)N1. The molecular weight excluding hydrogens is 430 g/mol. The molecule has 0 saturated carbocycles. The number of unbranched alkanes of at least 4 members (excludes halogenated alkanes) is 1. The maximum absolute atomic E-state index is 13.3. The molecule has 0 aliphatic carbocycles. The van der Waals surface area contributed by atoms with Gasteiger partial charge in [0.05, 0.1) is 36.9 Å². The Morgan fingerprint density at radius 3 is 2.44 bits per heavy atom. The smallest absolute Gasteiger partial charge is 0.337 e. The van der Waals surface area contributed by atoms with Gasteiger partial charge in [0.15, 0.2) is 0 Å². The van der Waals surface area contributed by atoms with Crippen molar-refractivity contribution in [3.63, 3.8) is 0 Å². The molecule has 3 rings (SSSR count). The Labute approximate surface area is 192 Å². The molecule has 2 aliphatic heterocycles. The van der Waals surface area contributed by atoms with Crippen LogP contribution in [0, 0.1) is 5.92 Å². The third kappa shape index (κ3) is 5.10. The lowest BCUT2D eigenvalue weighted by Crippen LogP contribution is -2.67. The molecule has 1 saturated heterocycles. The molecule has 9 heteroatoms. The summed E-state index contributed by atoms with van der Waals surface area (Å²) in [7, 11) is 1.32. The highest BCUT2D eigenvalue weighted by Crippen LogP contribution is 2.41. The van der Waals surface area contributed by atoms with Gasteiger partial charge in [-0.2, -0.15) is 0 Å². The number of amides is 1. The number of carbonyl (C=O) groups is 3. The van der Waals surface area contributed by atoms with Gasteiger partial charge >= 0.3 is 11.9 Å². The zero-order chi connectivity index (χ0) is 23.3. The second kappa shape index (κ2) is 10.9. The molecule has 8 nitrogen and oxygen atoms in total. The number of hydrogen-bond acceptors (Lipinski definition) is 8. The molecular formula is C23H31N3O5S. The lowest BCUT2D eigenvalue weighted by molar-refractivity contribution is -0.139. The number of ether oxygens (including phenoxy) is 2. The van der Waals surface area contributed by atoms with Crippen molar-refractivity contribution in [2.45, 2.75) is 51.2 Å². The summed E-state index contributed by atoms with van der Waals surface area (Å²) in [5.41, 5.74) is 2.05. The number of hydrogen-bond donors (Lipinski definition) is 3. The van der Waals surface area contributed by atoms with E-state index in [0.29, 0.717) is 16.8 Å². The second-order valence-corrected chi connectivity index (χ2v) is 8.99. The summed E-state index contributed by atoms with van der Waals surface area (Å²) in [6.07, 6.45) is 1.82. The fraction of sp³-hybridized carbons (Fsp3) is 0.522. The van der Waals surface area contributed by atoms with E-state index >= 15 is 0 Å². The molecule has 1 aromatic rings. The van der Waals surface area contributed by atoms with Crippen molar-refractivity contribution in [3.05, 3.63) is 46.7 Å². The number of fused-ring (bicyclic) bond motifs is 1. The lowest BCUT2D eigenvalue weighted by Gasteiger charge is -2.45. The molecule has 174 valence electrons.